The normalized spacial score (nSPS) is 12.5. The molecule has 0 spiro atoms. The van der Waals surface area contributed by atoms with Gasteiger partial charge in [-0.1, -0.05) is 0 Å². The second-order valence-electron chi connectivity index (χ2n) is 4.51. The van der Waals surface area contributed by atoms with Gasteiger partial charge in [-0.05, 0) is 38.9 Å². The van der Waals surface area contributed by atoms with Gasteiger partial charge in [0.25, 0.3) is 10.0 Å². The Hall–Kier alpha value is -0.470. The second-order valence-corrected chi connectivity index (χ2v) is 7.95. The topological polar surface area (TPSA) is 72.6 Å². The van der Waals surface area contributed by atoms with Crippen molar-refractivity contribution >= 4 is 21.4 Å². The van der Waals surface area contributed by atoms with Crippen molar-refractivity contribution < 1.29 is 13.2 Å². The number of sulfonamides is 1. The third-order valence-corrected chi connectivity index (χ3v) is 6.02. The van der Waals surface area contributed by atoms with Gasteiger partial charge in [-0.3, -0.25) is 0 Å². The molecule has 1 rings (SSSR count). The Balaban J connectivity index is 2.67. The molecule has 0 aromatic carbocycles. The number of nitrogens with two attached hydrogens (primary N) is 1. The van der Waals surface area contributed by atoms with E-state index >= 15 is 0 Å². The van der Waals surface area contributed by atoms with E-state index < -0.39 is 10.0 Å². The number of hydrogen-bond donors (Lipinski definition) is 1. The van der Waals surface area contributed by atoms with Gasteiger partial charge in [-0.25, -0.2) is 8.42 Å². The van der Waals surface area contributed by atoms with E-state index in [4.69, 9.17) is 10.5 Å². The van der Waals surface area contributed by atoms with E-state index in [1.807, 2.05) is 19.9 Å². The van der Waals surface area contributed by atoms with E-state index in [9.17, 15) is 8.42 Å². The van der Waals surface area contributed by atoms with Crippen LogP contribution in [0.1, 0.15) is 18.7 Å². The van der Waals surface area contributed by atoms with Crippen molar-refractivity contribution in [3.05, 3.63) is 17.0 Å². The van der Waals surface area contributed by atoms with E-state index in [2.05, 4.69) is 0 Å². The lowest BCUT2D eigenvalue weighted by Crippen LogP contribution is -2.30. The Labute approximate surface area is 119 Å². The molecule has 0 radical (unpaired) electrons. The number of nitrogens with zero attached hydrogens (tertiary/aromatic N) is 1. The number of thiophene rings is 1. The van der Waals surface area contributed by atoms with Gasteiger partial charge < -0.3 is 10.5 Å². The summed E-state index contributed by atoms with van der Waals surface area (Å²) in [5, 5.41) is 0. The summed E-state index contributed by atoms with van der Waals surface area (Å²) in [6.07, 6.45) is 0.814. The molecule has 19 heavy (non-hydrogen) atoms. The minimum atomic E-state index is -3.40. The number of hydrogen-bond acceptors (Lipinski definition) is 5. The van der Waals surface area contributed by atoms with Crippen molar-refractivity contribution in [2.75, 3.05) is 26.7 Å². The maximum Gasteiger partial charge on any atom is 0.252 e. The molecule has 0 atom stereocenters. The van der Waals surface area contributed by atoms with Crippen LogP contribution in [0.25, 0.3) is 0 Å². The Morgan fingerprint density at radius 2 is 2.11 bits per heavy atom. The summed E-state index contributed by atoms with van der Waals surface area (Å²) in [5.74, 6) is 0. The summed E-state index contributed by atoms with van der Waals surface area (Å²) in [7, 11) is -1.83. The van der Waals surface area contributed by atoms with Crippen LogP contribution in [0.3, 0.4) is 0 Å². The first kappa shape index (κ1) is 16.6. The molecule has 0 amide bonds. The van der Waals surface area contributed by atoms with Crippen LogP contribution < -0.4 is 5.73 Å². The molecule has 0 aliphatic carbocycles. The highest BCUT2D eigenvalue weighted by Gasteiger charge is 2.22. The van der Waals surface area contributed by atoms with E-state index in [1.165, 1.54) is 15.6 Å². The molecule has 1 aromatic rings. The Morgan fingerprint density at radius 3 is 2.68 bits per heavy atom. The van der Waals surface area contributed by atoms with Crippen molar-refractivity contribution in [2.45, 2.75) is 30.6 Å². The zero-order chi connectivity index (χ0) is 14.5. The summed E-state index contributed by atoms with van der Waals surface area (Å²) < 4.78 is 31.6. The monoisotopic (exact) mass is 306 g/mol. The molecule has 0 aliphatic heterocycles. The van der Waals surface area contributed by atoms with Gasteiger partial charge in [0.2, 0.25) is 0 Å². The van der Waals surface area contributed by atoms with Crippen LogP contribution in [0.15, 0.2) is 16.3 Å². The van der Waals surface area contributed by atoms with E-state index in [0.717, 1.165) is 4.88 Å². The Morgan fingerprint density at radius 1 is 1.42 bits per heavy atom. The van der Waals surface area contributed by atoms with E-state index in [1.54, 1.807) is 13.1 Å². The molecule has 1 aromatic heterocycles. The van der Waals surface area contributed by atoms with Gasteiger partial charge in [0.05, 0.1) is 12.7 Å². The van der Waals surface area contributed by atoms with Gasteiger partial charge in [0.15, 0.2) is 0 Å². The largest absolute Gasteiger partial charge is 0.377 e. The van der Waals surface area contributed by atoms with Crippen LogP contribution in [0.4, 0.5) is 0 Å². The van der Waals surface area contributed by atoms with Crippen LogP contribution in [0.2, 0.25) is 0 Å². The molecule has 2 N–H and O–H groups in total. The lowest BCUT2D eigenvalue weighted by molar-refractivity contribution is 0.0737. The minimum Gasteiger partial charge on any atom is -0.377 e. The van der Waals surface area contributed by atoms with Crippen molar-refractivity contribution in [3.63, 3.8) is 0 Å². The van der Waals surface area contributed by atoms with Gasteiger partial charge >= 0.3 is 0 Å². The summed E-state index contributed by atoms with van der Waals surface area (Å²) in [5.41, 5.74) is 5.46. The molecular weight excluding hydrogens is 284 g/mol. The lowest BCUT2D eigenvalue weighted by Gasteiger charge is -2.16. The summed E-state index contributed by atoms with van der Waals surface area (Å²) in [6.45, 7) is 5.12. The highest BCUT2D eigenvalue weighted by molar-refractivity contribution is 7.91. The zero-order valence-corrected chi connectivity index (χ0v) is 13.3. The van der Waals surface area contributed by atoms with Crippen molar-refractivity contribution in [2.24, 2.45) is 5.73 Å². The lowest BCUT2D eigenvalue weighted by atomic mass is 10.3. The highest BCUT2D eigenvalue weighted by atomic mass is 32.2. The van der Waals surface area contributed by atoms with Gasteiger partial charge in [-0.15, -0.1) is 11.3 Å². The van der Waals surface area contributed by atoms with Crippen LogP contribution in [0, 0.1) is 0 Å². The predicted molar refractivity (Wildman–Crippen MR) is 78.0 cm³/mol. The second kappa shape index (κ2) is 7.35. The maximum absolute atomic E-state index is 12.3. The van der Waals surface area contributed by atoms with E-state index in [-0.39, 0.29) is 6.10 Å². The van der Waals surface area contributed by atoms with Gasteiger partial charge in [0, 0.05) is 18.5 Å². The molecule has 110 valence electrons. The fraction of sp³-hybridized carbons (Fsp3) is 0.667. The van der Waals surface area contributed by atoms with Crippen LogP contribution in [-0.2, 0) is 21.2 Å². The SMILES string of the molecule is CC(C)OCCN(C)S(=O)(=O)c1ccc(CCN)s1. The first-order valence-corrected chi connectivity index (χ1v) is 8.50. The number of rotatable bonds is 8. The highest BCUT2D eigenvalue weighted by Crippen LogP contribution is 2.24. The molecule has 0 saturated carbocycles. The van der Waals surface area contributed by atoms with Gasteiger partial charge in [-0.2, -0.15) is 4.31 Å². The average Bonchev–Trinajstić information content (AvgIpc) is 2.78. The molecule has 0 aliphatic rings. The molecule has 0 unspecified atom stereocenters. The zero-order valence-electron chi connectivity index (χ0n) is 11.6. The standard InChI is InChI=1S/C12H22N2O3S2/c1-10(2)17-9-8-14(3)19(15,16)12-5-4-11(18-12)6-7-13/h4-5,10H,6-9,13H2,1-3H3. The number of ether oxygens (including phenoxy) is 1. The summed E-state index contributed by atoms with van der Waals surface area (Å²) >= 11 is 1.28. The molecule has 7 heteroatoms. The van der Waals surface area contributed by atoms with Crippen LogP contribution >= 0.6 is 11.3 Å². The summed E-state index contributed by atoms with van der Waals surface area (Å²) in [4.78, 5) is 0.993. The fourth-order valence-electron chi connectivity index (χ4n) is 1.46. The quantitative estimate of drug-likeness (QED) is 0.785. The number of likely N-dealkylation sites (N-methyl/N-ethyl adjacent to an activating group) is 1. The third-order valence-electron chi connectivity index (χ3n) is 2.55. The van der Waals surface area contributed by atoms with Crippen molar-refractivity contribution in [3.8, 4) is 0 Å². The third kappa shape index (κ3) is 4.85. The van der Waals surface area contributed by atoms with Crippen molar-refractivity contribution in [1.29, 1.82) is 0 Å². The molecule has 1 heterocycles. The maximum atomic E-state index is 12.3. The Kier molecular flexibility index (Phi) is 6.41. The molecule has 0 fully saturated rings. The van der Waals surface area contributed by atoms with Gasteiger partial charge in [0.1, 0.15) is 4.21 Å². The first-order valence-electron chi connectivity index (χ1n) is 6.24. The average molecular weight is 306 g/mol. The molecular formula is C12H22N2O3S2. The van der Waals surface area contributed by atoms with Crippen molar-refractivity contribution in [1.82, 2.24) is 4.31 Å². The molecule has 0 bridgehead atoms. The van der Waals surface area contributed by atoms with E-state index in [0.29, 0.717) is 30.3 Å². The molecule has 5 nitrogen and oxygen atoms in total. The first-order chi connectivity index (χ1) is 8.87. The smallest absolute Gasteiger partial charge is 0.252 e. The predicted octanol–water partition coefficient (Wildman–Crippen LogP) is 1.29. The Bertz CT molecular complexity index is 483. The van der Waals surface area contributed by atoms with Crippen LogP contribution in [0.5, 0.6) is 0 Å². The molecule has 0 saturated heterocycles. The minimum absolute atomic E-state index is 0.106. The van der Waals surface area contributed by atoms with Crippen LogP contribution in [-0.4, -0.2) is 45.6 Å². The summed E-state index contributed by atoms with van der Waals surface area (Å²) in [6, 6.07) is 3.47. The fourth-order valence-corrected chi connectivity index (χ4v) is 4.20.